The highest BCUT2D eigenvalue weighted by atomic mass is 32.1. The Kier molecular flexibility index (Phi) is 4.54. The van der Waals surface area contributed by atoms with Crippen molar-refractivity contribution in [3.63, 3.8) is 0 Å². The molecular weight excluding hydrogens is 354 g/mol. The van der Waals surface area contributed by atoms with Gasteiger partial charge in [-0.1, -0.05) is 41.5 Å². The minimum atomic E-state index is 0.659. The number of aromatic amines is 1. The Morgan fingerprint density at radius 2 is 1.74 bits per heavy atom. The van der Waals surface area contributed by atoms with E-state index in [1.54, 1.807) is 0 Å². The molecule has 0 aliphatic heterocycles. The topological polar surface area (TPSA) is 42.3 Å². The Balaban J connectivity index is 1.79. The molecule has 0 saturated carbocycles. The van der Waals surface area contributed by atoms with Crippen molar-refractivity contribution in [2.45, 2.75) is 20.8 Å². The second-order valence-corrected chi connectivity index (χ2v) is 7.06. The number of imidazole rings is 1. The zero-order valence-corrected chi connectivity index (χ0v) is 16.4. The number of aryl methyl sites for hydroxylation is 2. The highest BCUT2D eigenvalue weighted by Crippen LogP contribution is 2.26. The summed E-state index contributed by atoms with van der Waals surface area (Å²) in [4.78, 5) is 7.94. The standard InChI is InChI=1S/C22H21N3OS/c1-4-26-18-7-5-16(6-8-18)20-13-25-21(27)19(12-23-22(25)24-20)17-10-14(2)9-15(3)11-17/h5-13H,4H2,1-3H3,(H,23,24). The summed E-state index contributed by atoms with van der Waals surface area (Å²) in [6, 6.07) is 14.5. The number of fused-ring (bicyclic) bond motifs is 1. The second-order valence-electron chi connectivity index (χ2n) is 6.67. The summed E-state index contributed by atoms with van der Waals surface area (Å²) in [6.07, 6.45) is 3.86. The molecule has 2 heterocycles. The van der Waals surface area contributed by atoms with Crippen molar-refractivity contribution in [3.05, 3.63) is 70.6 Å². The summed E-state index contributed by atoms with van der Waals surface area (Å²) in [5.41, 5.74) is 6.53. The van der Waals surface area contributed by atoms with Crippen LogP contribution in [0.2, 0.25) is 0 Å². The number of benzene rings is 2. The van der Waals surface area contributed by atoms with Crippen LogP contribution in [0.5, 0.6) is 5.75 Å². The van der Waals surface area contributed by atoms with Gasteiger partial charge in [0.1, 0.15) is 10.4 Å². The molecule has 136 valence electrons. The van der Waals surface area contributed by atoms with Crippen molar-refractivity contribution in [2.24, 2.45) is 0 Å². The number of hydrogen-bond donors (Lipinski definition) is 1. The van der Waals surface area contributed by atoms with Crippen molar-refractivity contribution in [3.8, 4) is 28.1 Å². The lowest BCUT2D eigenvalue weighted by atomic mass is 10.0. The van der Waals surface area contributed by atoms with Gasteiger partial charge in [-0.2, -0.15) is 0 Å². The van der Waals surface area contributed by atoms with Crippen LogP contribution < -0.4 is 4.74 Å². The molecular formula is C22H21N3OS. The van der Waals surface area contributed by atoms with E-state index in [2.05, 4.69) is 42.0 Å². The molecule has 1 N–H and O–H groups in total. The lowest BCUT2D eigenvalue weighted by molar-refractivity contribution is 0.340. The van der Waals surface area contributed by atoms with Gasteiger partial charge in [-0.05, 0) is 56.2 Å². The predicted molar refractivity (Wildman–Crippen MR) is 112 cm³/mol. The SMILES string of the molecule is CCOc1ccc(-c2cn3c(=S)c(-c4cc(C)cc(C)c4)cnc3[nH]2)cc1. The van der Waals surface area contributed by atoms with Gasteiger partial charge in [-0.15, -0.1) is 0 Å². The highest BCUT2D eigenvalue weighted by molar-refractivity contribution is 7.71. The van der Waals surface area contributed by atoms with Crippen LogP contribution in [-0.2, 0) is 0 Å². The lowest BCUT2D eigenvalue weighted by Crippen LogP contribution is -1.93. The van der Waals surface area contributed by atoms with Crippen molar-refractivity contribution < 1.29 is 4.74 Å². The monoisotopic (exact) mass is 375 g/mol. The number of aromatic nitrogens is 3. The van der Waals surface area contributed by atoms with Gasteiger partial charge in [-0.25, -0.2) is 4.98 Å². The van der Waals surface area contributed by atoms with Crippen molar-refractivity contribution in [2.75, 3.05) is 6.61 Å². The summed E-state index contributed by atoms with van der Waals surface area (Å²) in [6.45, 7) is 6.83. The first-order valence-corrected chi connectivity index (χ1v) is 9.38. The van der Waals surface area contributed by atoms with Gasteiger partial charge >= 0.3 is 0 Å². The van der Waals surface area contributed by atoms with E-state index in [4.69, 9.17) is 17.0 Å². The largest absolute Gasteiger partial charge is 0.494 e. The Bertz CT molecular complexity index is 1150. The molecule has 27 heavy (non-hydrogen) atoms. The van der Waals surface area contributed by atoms with Crippen LogP contribution >= 0.6 is 12.2 Å². The maximum atomic E-state index is 5.76. The maximum absolute atomic E-state index is 5.76. The van der Waals surface area contributed by atoms with E-state index in [0.29, 0.717) is 6.61 Å². The number of H-pyrrole nitrogens is 1. The number of hydrogen-bond acceptors (Lipinski definition) is 3. The van der Waals surface area contributed by atoms with Gasteiger partial charge in [0, 0.05) is 18.0 Å². The molecule has 0 fully saturated rings. The Morgan fingerprint density at radius 1 is 1.04 bits per heavy atom. The second kappa shape index (κ2) is 7.00. The molecule has 4 nitrogen and oxygen atoms in total. The molecule has 0 bridgehead atoms. The molecule has 0 aliphatic rings. The fraction of sp³-hybridized carbons (Fsp3) is 0.182. The quantitative estimate of drug-likeness (QED) is 0.462. The summed E-state index contributed by atoms with van der Waals surface area (Å²) < 4.78 is 8.20. The molecule has 4 rings (SSSR count). The van der Waals surface area contributed by atoms with Gasteiger partial charge in [0.05, 0.1) is 12.3 Å². The molecule has 0 aliphatic carbocycles. The van der Waals surface area contributed by atoms with Gasteiger partial charge in [0.15, 0.2) is 0 Å². The molecule has 0 amide bonds. The van der Waals surface area contributed by atoms with E-state index >= 15 is 0 Å². The predicted octanol–water partition coefficient (Wildman–Crippen LogP) is 5.74. The summed E-state index contributed by atoms with van der Waals surface area (Å²) in [5.74, 6) is 1.60. The van der Waals surface area contributed by atoms with Crippen LogP contribution in [0, 0.1) is 18.5 Å². The third-order valence-electron chi connectivity index (χ3n) is 4.51. The molecule has 0 saturated heterocycles. The third kappa shape index (κ3) is 3.38. The number of nitrogens with one attached hydrogen (secondary N) is 1. The van der Waals surface area contributed by atoms with Crippen LogP contribution in [0.3, 0.4) is 0 Å². The van der Waals surface area contributed by atoms with Crippen molar-refractivity contribution in [1.29, 1.82) is 0 Å². The summed E-state index contributed by atoms with van der Waals surface area (Å²) in [7, 11) is 0. The first-order chi connectivity index (χ1) is 13.0. The van der Waals surface area contributed by atoms with Gasteiger partial charge < -0.3 is 9.72 Å². The third-order valence-corrected chi connectivity index (χ3v) is 4.92. The number of ether oxygens (including phenoxy) is 1. The number of rotatable bonds is 4. The van der Waals surface area contributed by atoms with Crippen LogP contribution in [0.25, 0.3) is 28.2 Å². The Labute approximate surface area is 163 Å². The van der Waals surface area contributed by atoms with Gasteiger partial charge in [0.2, 0.25) is 5.78 Å². The molecule has 0 atom stereocenters. The van der Waals surface area contributed by atoms with Crippen LogP contribution in [-0.4, -0.2) is 21.0 Å². The minimum absolute atomic E-state index is 0.659. The smallest absolute Gasteiger partial charge is 0.212 e. The summed E-state index contributed by atoms with van der Waals surface area (Å²) >= 11 is 5.76. The first-order valence-electron chi connectivity index (χ1n) is 8.97. The van der Waals surface area contributed by atoms with E-state index in [1.807, 2.05) is 48.0 Å². The van der Waals surface area contributed by atoms with Crippen molar-refractivity contribution >= 4 is 18.0 Å². The average molecular weight is 375 g/mol. The molecule has 5 heteroatoms. The van der Waals surface area contributed by atoms with E-state index < -0.39 is 0 Å². The van der Waals surface area contributed by atoms with Crippen LogP contribution in [0.15, 0.2) is 54.9 Å². The Morgan fingerprint density at radius 3 is 2.41 bits per heavy atom. The Hall–Kier alpha value is -2.92. The zero-order valence-electron chi connectivity index (χ0n) is 15.6. The van der Waals surface area contributed by atoms with E-state index in [9.17, 15) is 0 Å². The molecule has 0 radical (unpaired) electrons. The van der Waals surface area contributed by atoms with Crippen LogP contribution in [0.4, 0.5) is 0 Å². The van der Waals surface area contributed by atoms with E-state index in [1.165, 1.54) is 11.1 Å². The van der Waals surface area contributed by atoms with Gasteiger partial charge in [-0.3, -0.25) is 4.40 Å². The highest BCUT2D eigenvalue weighted by Gasteiger charge is 2.09. The summed E-state index contributed by atoms with van der Waals surface area (Å²) in [5, 5.41) is 0. The minimum Gasteiger partial charge on any atom is -0.494 e. The van der Waals surface area contributed by atoms with Crippen molar-refractivity contribution in [1.82, 2.24) is 14.4 Å². The molecule has 2 aromatic carbocycles. The van der Waals surface area contributed by atoms with E-state index in [0.717, 1.165) is 38.6 Å². The number of nitrogens with zero attached hydrogens (tertiary/aromatic N) is 2. The van der Waals surface area contributed by atoms with Gasteiger partial charge in [0.25, 0.3) is 0 Å². The molecule has 2 aromatic heterocycles. The molecule has 4 aromatic rings. The molecule has 0 spiro atoms. The maximum Gasteiger partial charge on any atom is 0.212 e. The van der Waals surface area contributed by atoms with E-state index in [-0.39, 0.29) is 0 Å². The zero-order chi connectivity index (χ0) is 19.0. The fourth-order valence-corrected chi connectivity index (χ4v) is 3.65. The normalized spacial score (nSPS) is 11.1. The molecule has 0 unspecified atom stereocenters. The fourth-order valence-electron chi connectivity index (χ4n) is 3.34. The first kappa shape index (κ1) is 17.5. The van der Waals surface area contributed by atoms with Crippen LogP contribution in [0.1, 0.15) is 18.1 Å². The average Bonchev–Trinajstić information content (AvgIpc) is 3.07. The lowest BCUT2D eigenvalue weighted by Gasteiger charge is -2.06.